The molecule has 1 N–H and O–H groups in total. The summed E-state index contributed by atoms with van der Waals surface area (Å²) in [6.45, 7) is 0. The Morgan fingerprint density at radius 1 is 1.11 bits per heavy atom. The maximum atomic E-state index is 13.2. The SMILES string of the molecule is N#CC1=C2SC[C@@](O)(c3ccc(F)cc3)N2C(=O)C[C@H]1c1ccc(F)cc1. The lowest BCUT2D eigenvalue weighted by atomic mass is 9.85. The number of hydrogen-bond donors (Lipinski definition) is 1. The number of aliphatic hydroxyl groups is 1. The standard InChI is InChI=1S/C20H14F2N2O2S/c21-14-5-1-12(2-6-14)16-9-18(25)24-19(17(16)10-23)27-11-20(24,26)13-3-7-15(22)8-4-13/h1-8,16,26H,9,11H2/t16-,20+/m0/s1. The van der Waals surface area contributed by atoms with Crippen molar-refractivity contribution in [3.8, 4) is 6.07 Å². The van der Waals surface area contributed by atoms with Crippen LogP contribution in [0.3, 0.4) is 0 Å². The van der Waals surface area contributed by atoms with Gasteiger partial charge in [0, 0.05) is 17.9 Å². The van der Waals surface area contributed by atoms with Gasteiger partial charge in [-0.25, -0.2) is 8.78 Å². The summed E-state index contributed by atoms with van der Waals surface area (Å²) in [7, 11) is 0. The van der Waals surface area contributed by atoms with E-state index in [4.69, 9.17) is 0 Å². The quantitative estimate of drug-likeness (QED) is 0.859. The Kier molecular flexibility index (Phi) is 4.25. The molecule has 2 aliphatic heterocycles. The number of nitrogens with zero attached hydrogens (tertiary/aromatic N) is 2. The minimum absolute atomic E-state index is 0.0118. The van der Waals surface area contributed by atoms with Crippen LogP contribution < -0.4 is 0 Å². The summed E-state index contributed by atoms with van der Waals surface area (Å²) in [5, 5.41) is 21.3. The topological polar surface area (TPSA) is 64.3 Å². The van der Waals surface area contributed by atoms with Crippen molar-refractivity contribution in [2.24, 2.45) is 0 Å². The molecule has 1 saturated heterocycles. The second kappa shape index (κ2) is 6.48. The van der Waals surface area contributed by atoms with Crippen LogP contribution in [-0.2, 0) is 10.5 Å². The molecule has 2 atom stereocenters. The Bertz CT molecular complexity index is 983. The maximum absolute atomic E-state index is 13.2. The Balaban J connectivity index is 1.79. The molecule has 2 aliphatic rings. The van der Waals surface area contributed by atoms with Gasteiger partial charge in [-0.3, -0.25) is 9.69 Å². The first-order chi connectivity index (χ1) is 12.9. The summed E-state index contributed by atoms with van der Waals surface area (Å²) >= 11 is 1.21. The van der Waals surface area contributed by atoms with Crippen LogP contribution >= 0.6 is 11.8 Å². The van der Waals surface area contributed by atoms with E-state index in [1.807, 2.05) is 0 Å². The molecule has 0 aliphatic carbocycles. The highest BCUT2D eigenvalue weighted by Crippen LogP contribution is 2.51. The average Bonchev–Trinajstić information content (AvgIpc) is 3.02. The monoisotopic (exact) mass is 384 g/mol. The van der Waals surface area contributed by atoms with Gasteiger partial charge in [-0.1, -0.05) is 24.3 Å². The number of rotatable bonds is 2. The fraction of sp³-hybridized carbons (Fsp3) is 0.200. The van der Waals surface area contributed by atoms with Crippen LogP contribution in [0.1, 0.15) is 23.5 Å². The molecule has 2 aromatic rings. The molecule has 2 heterocycles. The van der Waals surface area contributed by atoms with E-state index >= 15 is 0 Å². The van der Waals surface area contributed by atoms with Crippen molar-refractivity contribution >= 4 is 17.7 Å². The molecule has 1 amide bonds. The number of benzene rings is 2. The van der Waals surface area contributed by atoms with Gasteiger partial charge in [0.2, 0.25) is 5.91 Å². The van der Waals surface area contributed by atoms with Gasteiger partial charge in [0.05, 0.1) is 22.4 Å². The number of nitriles is 1. The van der Waals surface area contributed by atoms with Crippen molar-refractivity contribution < 1.29 is 18.7 Å². The fourth-order valence-electron chi connectivity index (χ4n) is 3.54. The molecule has 0 radical (unpaired) electrons. The van der Waals surface area contributed by atoms with Crippen LogP contribution in [0.5, 0.6) is 0 Å². The Labute approximate surface area is 158 Å². The Hall–Kier alpha value is -2.69. The molecule has 4 rings (SSSR count). The van der Waals surface area contributed by atoms with Crippen LogP contribution in [0.2, 0.25) is 0 Å². The molecule has 0 spiro atoms. The zero-order valence-corrected chi connectivity index (χ0v) is 14.8. The molecule has 1 fully saturated rings. The molecule has 0 aromatic heterocycles. The first kappa shape index (κ1) is 17.7. The lowest BCUT2D eigenvalue weighted by Crippen LogP contribution is -2.48. The lowest BCUT2D eigenvalue weighted by molar-refractivity contribution is -0.149. The van der Waals surface area contributed by atoms with Crippen LogP contribution in [0.15, 0.2) is 59.1 Å². The predicted molar refractivity (Wildman–Crippen MR) is 96.0 cm³/mol. The summed E-state index contributed by atoms with van der Waals surface area (Å²) in [5.74, 6) is -1.52. The van der Waals surface area contributed by atoms with Crippen LogP contribution in [0, 0.1) is 23.0 Å². The zero-order chi connectivity index (χ0) is 19.2. The average molecular weight is 384 g/mol. The summed E-state index contributed by atoms with van der Waals surface area (Å²) in [4.78, 5) is 14.1. The molecule has 2 aromatic carbocycles. The van der Waals surface area contributed by atoms with E-state index < -0.39 is 23.3 Å². The zero-order valence-electron chi connectivity index (χ0n) is 14.0. The van der Waals surface area contributed by atoms with Gasteiger partial charge in [0.25, 0.3) is 0 Å². The molecule has 27 heavy (non-hydrogen) atoms. The third-order valence-electron chi connectivity index (χ3n) is 4.89. The van der Waals surface area contributed by atoms with Gasteiger partial charge >= 0.3 is 0 Å². The minimum Gasteiger partial charge on any atom is -0.366 e. The van der Waals surface area contributed by atoms with Gasteiger partial charge < -0.3 is 5.11 Å². The van der Waals surface area contributed by atoms with E-state index in [1.165, 1.54) is 53.1 Å². The summed E-state index contributed by atoms with van der Waals surface area (Å²) in [6, 6.07) is 13.2. The maximum Gasteiger partial charge on any atom is 0.231 e. The highest BCUT2D eigenvalue weighted by Gasteiger charge is 2.51. The normalized spacial score (nSPS) is 24.7. The number of hydrogen-bond acceptors (Lipinski definition) is 4. The fourth-order valence-corrected chi connectivity index (χ4v) is 4.89. The number of allylic oxidation sites excluding steroid dienone is 1. The van der Waals surface area contributed by atoms with Crippen molar-refractivity contribution in [1.29, 1.82) is 5.26 Å². The van der Waals surface area contributed by atoms with Crippen LogP contribution in [-0.4, -0.2) is 21.7 Å². The van der Waals surface area contributed by atoms with Gasteiger partial charge in [-0.15, -0.1) is 11.8 Å². The Morgan fingerprint density at radius 3 is 2.30 bits per heavy atom. The molecule has 0 bridgehead atoms. The number of fused-ring (bicyclic) bond motifs is 1. The van der Waals surface area contributed by atoms with Crippen molar-refractivity contribution in [3.05, 3.63) is 81.9 Å². The number of carbonyl (C=O) groups excluding carboxylic acids is 1. The number of halogens is 2. The van der Waals surface area contributed by atoms with Crippen molar-refractivity contribution in [2.45, 2.75) is 18.1 Å². The number of amides is 1. The van der Waals surface area contributed by atoms with Crippen molar-refractivity contribution in [3.63, 3.8) is 0 Å². The van der Waals surface area contributed by atoms with Crippen LogP contribution in [0.4, 0.5) is 8.78 Å². The number of thioether (sulfide) groups is 1. The summed E-state index contributed by atoms with van der Waals surface area (Å²) < 4.78 is 26.5. The summed E-state index contributed by atoms with van der Waals surface area (Å²) in [5.41, 5.74) is -0.214. The van der Waals surface area contributed by atoms with Gasteiger partial charge in [0.15, 0.2) is 5.72 Å². The van der Waals surface area contributed by atoms with E-state index in [9.17, 15) is 23.9 Å². The molecule has 136 valence electrons. The van der Waals surface area contributed by atoms with Crippen LogP contribution in [0.25, 0.3) is 0 Å². The number of carbonyl (C=O) groups is 1. The van der Waals surface area contributed by atoms with Gasteiger partial charge in [-0.05, 0) is 29.8 Å². The minimum atomic E-state index is -1.64. The van der Waals surface area contributed by atoms with E-state index in [2.05, 4.69) is 6.07 Å². The third kappa shape index (κ3) is 2.82. The molecular formula is C20H14F2N2O2S. The van der Waals surface area contributed by atoms with Gasteiger partial charge in [0.1, 0.15) is 11.6 Å². The smallest absolute Gasteiger partial charge is 0.231 e. The second-order valence-corrected chi connectivity index (χ2v) is 7.44. The van der Waals surface area contributed by atoms with E-state index in [-0.39, 0.29) is 18.1 Å². The van der Waals surface area contributed by atoms with Crippen molar-refractivity contribution in [1.82, 2.24) is 4.90 Å². The van der Waals surface area contributed by atoms with E-state index in [0.717, 1.165) is 0 Å². The summed E-state index contributed by atoms with van der Waals surface area (Å²) in [6.07, 6.45) is -0.0118. The van der Waals surface area contributed by atoms with Crippen molar-refractivity contribution in [2.75, 3.05) is 5.75 Å². The molecule has 7 heteroatoms. The first-order valence-corrected chi connectivity index (χ1v) is 9.26. The second-order valence-electron chi connectivity index (χ2n) is 6.48. The molecule has 0 unspecified atom stereocenters. The lowest BCUT2D eigenvalue weighted by Gasteiger charge is -2.38. The Morgan fingerprint density at radius 2 is 1.70 bits per heavy atom. The van der Waals surface area contributed by atoms with E-state index in [0.29, 0.717) is 21.7 Å². The highest BCUT2D eigenvalue weighted by molar-refractivity contribution is 8.03. The largest absolute Gasteiger partial charge is 0.366 e. The van der Waals surface area contributed by atoms with Gasteiger partial charge in [-0.2, -0.15) is 5.26 Å². The first-order valence-electron chi connectivity index (χ1n) is 8.28. The predicted octanol–water partition coefficient (Wildman–Crippen LogP) is 3.61. The molecule has 0 saturated carbocycles. The third-order valence-corrected chi connectivity index (χ3v) is 6.11. The highest BCUT2D eigenvalue weighted by atomic mass is 32.2. The molecular weight excluding hydrogens is 370 g/mol. The van der Waals surface area contributed by atoms with E-state index in [1.54, 1.807) is 12.1 Å². The molecule has 4 nitrogen and oxygen atoms in total.